The van der Waals surface area contributed by atoms with Crippen molar-refractivity contribution in [3.8, 4) is 11.4 Å². The lowest BCUT2D eigenvalue weighted by Gasteiger charge is -2.16. The molecule has 3 aromatic rings. The van der Waals surface area contributed by atoms with Crippen LogP contribution in [0.15, 0.2) is 36.6 Å². The van der Waals surface area contributed by atoms with E-state index in [2.05, 4.69) is 15.0 Å². The topological polar surface area (TPSA) is 119 Å². The summed E-state index contributed by atoms with van der Waals surface area (Å²) in [5.74, 6) is 0.803. The standard InChI is InChI=1S/C16H17N5O3/c17-14-13-16(19-8-18-14)21(12-6-10(23)11(7-22)24-12)15(20-13)9-4-2-1-3-5-9/h1-5,8,10-12,22-23H,6-7H2,(H2,17,18,19)/t10-,11+,12+/m0/s1/i1D. The van der Waals surface area contributed by atoms with Crippen molar-refractivity contribution in [2.45, 2.75) is 24.9 Å². The number of nitrogens with zero attached hydrogens (tertiary/aromatic N) is 4. The number of nitrogens with two attached hydrogens (primary N) is 1. The molecule has 4 rings (SSSR count). The van der Waals surface area contributed by atoms with Crippen molar-refractivity contribution in [3.63, 3.8) is 0 Å². The molecule has 0 radical (unpaired) electrons. The van der Waals surface area contributed by atoms with Gasteiger partial charge in [-0.05, 0) is 0 Å². The number of benzene rings is 1. The number of fused-ring (bicyclic) bond motifs is 1. The highest BCUT2D eigenvalue weighted by Crippen LogP contribution is 2.36. The Bertz CT molecular complexity index is 914. The average molecular weight is 328 g/mol. The Hall–Kier alpha value is -2.55. The fourth-order valence-electron chi connectivity index (χ4n) is 2.98. The van der Waals surface area contributed by atoms with Gasteiger partial charge in [0.25, 0.3) is 0 Å². The van der Waals surface area contributed by atoms with E-state index in [9.17, 15) is 10.2 Å². The molecule has 1 aliphatic heterocycles. The van der Waals surface area contributed by atoms with Crippen molar-refractivity contribution < 1.29 is 16.3 Å². The van der Waals surface area contributed by atoms with Crippen LogP contribution in [-0.2, 0) is 4.74 Å². The molecule has 3 atom stereocenters. The summed E-state index contributed by atoms with van der Waals surface area (Å²) in [7, 11) is 0. The molecule has 1 aromatic carbocycles. The normalized spacial score (nSPS) is 24.4. The van der Waals surface area contributed by atoms with E-state index in [1.807, 2.05) is 0 Å². The molecule has 1 saturated heterocycles. The molecule has 1 fully saturated rings. The van der Waals surface area contributed by atoms with E-state index < -0.39 is 18.4 Å². The van der Waals surface area contributed by atoms with E-state index in [4.69, 9.17) is 11.8 Å². The second kappa shape index (κ2) is 5.82. The number of aromatic nitrogens is 4. The van der Waals surface area contributed by atoms with Crippen LogP contribution in [0.25, 0.3) is 22.6 Å². The van der Waals surface area contributed by atoms with Crippen LogP contribution in [0.1, 0.15) is 14.0 Å². The Morgan fingerprint density at radius 3 is 2.88 bits per heavy atom. The number of nitrogen functional groups attached to an aromatic ring is 1. The smallest absolute Gasteiger partial charge is 0.168 e. The summed E-state index contributed by atoms with van der Waals surface area (Å²) in [6.07, 6.45) is -0.344. The van der Waals surface area contributed by atoms with Crippen molar-refractivity contribution in [1.82, 2.24) is 19.5 Å². The monoisotopic (exact) mass is 328 g/mol. The number of hydrogen-bond donors (Lipinski definition) is 3. The zero-order chi connectivity index (χ0) is 17.6. The maximum atomic E-state index is 10.1. The first-order chi connectivity index (χ1) is 12.1. The van der Waals surface area contributed by atoms with Crippen LogP contribution in [-0.4, -0.2) is 48.5 Å². The van der Waals surface area contributed by atoms with E-state index in [1.165, 1.54) is 6.33 Å². The van der Waals surface area contributed by atoms with Gasteiger partial charge in [0.1, 0.15) is 24.5 Å². The molecule has 24 heavy (non-hydrogen) atoms. The summed E-state index contributed by atoms with van der Waals surface area (Å²) in [5, 5.41) is 19.4. The van der Waals surface area contributed by atoms with E-state index in [-0.39, 0.29) is 12.4 Å². The summed E-state index contributed by atoms with van der Waals surface area (Å²) in [6.45, 7) is -0.274. The van der Waals surface area contributed by atoms with E-state index in [0.717, 1.165) is 5.56 Å². The van der Waals surface area contributed by atoms with E-state index >= 15 is 0 Å². The average Bonchev–Trinajstić information content (AvgIpc) is 3.16. The summed E-state index contributed by atoms with van der Waals surface area (Å²) < 4.78 is 15.2. The lowest BCUT2D eigenvalue weighted by Crippen LogP contribution is -2.24. The summed E-state index contributed by atoms with van der Waals surface area (Å²) in [5.41, 5.74) is 7.63. The van der Waals surface area contributed by atoms with Gasteiger partial charge in [0.05, 0.1) is 14.1 Å². The van der Waals surface area contributed by atoms with Gasteiger partial charge in [-0.25, -0.2) is 15.0 Å². The van der Waals surface area contributed by atoms with Crippen molar-refractivity contribution in [2.75, 3.05) is 12.3 Å². The molecule has 4 N–H and O–H groups in total. The zero-order valence-electron chi connectivity index (χ0n) is 13.7. The fourth-order valence-corrected chi connectivity index (χ4v) is 2.98. The Morgan fingerprint density at radius 2 is 2.17 bits per heavy atom. The molecule has 0 aliphatic carbocycles. The van der Waals surface area contributed by atoms with Gasteiger partial charge < -0.3 is 20.7 Å². The van der Waals surface area contributed by atoms with Gasteiger partial charge in [0.15, 0.2) is 17.0 Å². The Kier molecular flexibility index (Phi) is 3.36. The number of anilines is 1. The molecule has 8 heteroatoms. The van der Waals surface area contributed by atoms with Crippen molar-refractivity contribution in [1.29, 1.82) is 0 Å². The Balaban J connectivity index is 1.90. The predicted molar refractivity (Wildman–Crippen MR) is 86.8 cm³/mol. The van der Waals surface area contributed by atoms with Crippen LogP contribution in [0.4, 0.5) is 5.82 Å². The molecular weight excluding hydrogens is 310 g/mol. The van der Waals surface area contributed by atoms with Crippen molar-refractivity contribution in [3.05, 3.63) is 36.6 Å². The highest BCUT2D eigenvalue weighted by molar-refractivity contribution is 5.85. The highest BCUT2D eigenvalue weighted by atomic mass is 16.5. The maximum Gasteiger partial charge on any atom is 0.168 e. The van der Waals surface area contributed by atoms with Crippen LogP contribution in [0.2, 0.25) is 0 Å². The number of hydrogen-bond acceptors (Lipinski definition) is 7. The van der Waals surface area contributed by atoms with Gasteiger partial charge in [-0.1, -0.05) is 30.3 Å². The fraction of sp³-hybridized carbons (Fsp3) is 0.312. The summed E-state index contributed by atoms with van der Waals surface area (Å²) >= 11 is 0. The summed E-state index contributed by atoms with van der Waals surface area (Å²) in [6, 6.07) is 7.26. The Labute approximate surface area is 139 Å². The minimum atomic E-state index is -0.782. The number of aliphatic hydroxyl groups is 2. The third kappa shape index (κ3) is 2.32. The highest BCUT2D eigenvalue weighted by Gasteiger charge is 2.37. The maximum absolute atomic E-state index is 10.1. The van der Waals surface area contributed by atoms with Gasteiger partial charge >= 0.3 is 0 Å². The third-order valence-corrected chi connectivity index (χ3v) is 4.15. The molecule has 3 heterocycles. The van der Waals surface area contributed by atoms with Gasteiger partial charge in [0.2, 0.25) is 0 Å². The van der Waals surface area contributed by atoms with E-state index in [1.54, 1.807) is 28.8 Å². The molecule has 0 saturated carbocycles. The van der Waals surface area contributed by atoms with Gasteiger partial charge in [0, 0.05) is 12.0 Å². The molecule has 0 bridgehead atoms. The number of rotatable bonds is 3. The first kappa shape index (κ1) is 13.8. The Morgan fingerprint density at radius 1 is 1.38 bits per heavy atom. The molecular formula is C16H17N5O3. The molecule has 0 spiro atoms. The third-order valence-electron chi connectivity index (χ3n) is 4.15. The van der Waals surface area contributed by atoms with Crippen LogP contribution in [0.3, 0.4) is 0 Å². The molecule has 0 unspecified atom stereocenters. The lowest BCUT2D eigenvalue weighted by molar-refractivity contribution is -0.0426. The van der Waals surface area contributed by atoms with Gasteiger partial charge in [-0.3, -0.25) is 4.57 Å². The largest absolute Gasteiger partial charge is 0.394 e. The second-order valence-corrected chi connectivity index (χ2v) is 5.64. The number of ether oxygens (including phenoxy) is 1. The minimum absolute atomic E-state index is 0.249. The van der Waals surface area contributed by atoms with E-state index in [0.29, 0.717) is 29.5 Å². The quantitative estimate of drug-likeness (QED) is 0.648. The second-order valence-electron chi connectivity index (χ2n) is 5.64. The molecule has 124 valence electrons. The summed E-state index contributed by atoms with van der Waals surface area (Å²) in [4.78, 5) is 12.8. The van der Waals surface area contributed by atoms with Gasteiger partial charge in [-0.2, -0.15) is 0 Å². The number of imidazole rings is 1. The molecule has 1 aliphatic rings. The predicted octanol–water partition coefficient (Wildman–Crippen LogP) is 0.716. The zero-order valence-corrected chi connectivity index (χ0v) is 12.7. The SMILES string of the molecule is [2H]c1ccc(-c2nc3c(N)ncnc3n2[C@H]2C[C@H](O)[C@@H](CO)O2)cc1. The first-order valence-electron chi connectivity index (χ1n) is 8.08. The van der Waals surface area contributed by atoms with Crippen LogP contribution >= 0.6 is 0 Å². The van der Waals surface area contributed by atoms with Gasteiger partial charge in [-0.15, -0.1) is 0 Å². The first-order valence-corrected chi connectivity index (χ1v) is 7.58. The molecule has 0 amide bonds. The van der Waals surface area contributed by atoms with Crippen LogP contribution in [0.5, 0.6) is 0 Å². The molecule has 2 aromatic heterocycles. The van der Waals surface area contributed by atoms with Crippen molar-refractivity contribution >= 4 is 17.0 Å². The number of aliphatic hydroxyl groups excluding tert-OH is 2. The molecule has 8 nitrogen and oxygen atoms in total. The van der Waals surface area contributed by atoms with Crippen molar-refractivity contribution in [2.24, 2.45) is 0 Å². The van der Waals surface area contributed by atoms with Crippen LogP contribution < -0.4 is 5.73 Å². The lowest BCUT2D eigenvalue weighted by atomic mass is 10.2. The van der Waals surface area contributed by atoms with Crippen LogP contribution in [0, 0.1) is 0 Å². The minimum Gasteiger partial charge on any atom is -0.394 e.